The number of hydrogen-bond donors (Lipinski definition) is 1. The maximum atomic E-state index is 5.08. The van der Waals surface area contributed by atoms with E-state index in [2.05, 4.69) is 60.5 Å². The predicted octanol–water partition coefficient (Wildman–Crippen LogP) is 3.35. The first-order valence-electron chi connectivity index (χ1n) is 6.68. The second-order valence-electron chi connectivity index (χ2n) is 5.16. The number of nitrogens with one attached hydrogen (secondary N) is 1. The molecule has 1 N–H and O–H groups in total. The summed E-state index contributed by atoms with van der Waals surface area (Å²) in [6.45, 7) is 8.95. The molecule has 0 spiro atoms. The van der Waals surface area contributed by atoms with Gasteiger partial charge < -0.3 is 9.84 Å². The Morgan fingerprint density at radius 2 is 1.74 bits per heavy atom. The summed E-state index contributed by atoms with van der Waals surface area (Å²) in [4.78, 5) is 4.17. The van der Waals surface area contributed by atoms with Crippen LogP contribution in [0.4, 0.5) is 0 Å². The number of aryl methyl sites for hydroxylation is 1. The van der Waals surface area contributed by atoms with E-state index < -0.39 is 0 Å². The number of aromatic nitrogens is 2. The van der Waals surface area contributed by atoms with E-state index in [-0.39, 0.29) is 6.04 Å². The molecule has 0 amide bonds. The fraction of sp³-hybridized carbons (Fsp3) is 0.467. The van der Waals surface area contributed by atoms with Gasteiger partial charge in [-0.25, -0.2) is 0 Å². The molecule has 102 valence electrons. The van der Waals surface area contributed by atoms with E-state index in [0.717, 1.165) is 0 Å². The zero-order valence-corrected chi connectivity index (χ0v) is 12.0. The van der Waals surface area contributed by atoms with E-state index in [0.29, 0.717) is 24.2 Å². The Morgan fingerprint density at radius 3 is 2.26 bits per heavy atom. The molecule has 4 nitrogen and oxygen atoms in total. The second kappa shape index (κ2) is 5.97. The highest BCUT2D eigenvalue weighted by Crippen LogP contribution is 2.18. The minimum Gasteiger partial charge on any atom is -0.338 e. The lowest BCUT2D eigenvalue weighted by atomic mass is 10.00. The van der Waals surface area contributed by atoms with Gasteiger partial charge in [-0.1, -0.05) is 43.3 Å². The summed E-state index contributed by atoms with van der Waals surface area (Å²) < 4.78 is 5.08. The predicted molar refractivity (Wildman–Crippen MR) is 74.8 cm³/mol. The summed E-state index contributed by atoms with van der Waals surface area (Å²) in [5, 5.41) is 7.15. The SMILES string of the molecule is Cc1noc(CNC(C)c2ccc(C(C)C)cc2)n1. The number of nitrogens with zero attached hydrogens (tertiary/aromatic N) is 2. The molecule has 0 fully saturated rings. The first kappa shape index (κ1) is 13.7. The van der Waals surface area contributed by atoms with E-state index in [1.54, 1.807) is 0 Å². The van der Waals surface area contributed by atoms with Gasteiger partial charge in [-0.05, 0) is 30.9 Å². The highest BCUT2D eigenvalue weighted by molar-refractivity contribution is 5.26. The lowest BCUT2D eigenvalue weighted by molar-refractivity contribution is 0.357. The number of benzene rings is 1. The zero-order valence-electron chi connectivity index (χ0n) is 12.0. The van der Waals surface area contributed by atoms with Crippen LogP contribution in [0.1, 0.15) is 55.6 Å². The van der Waals surface area contributed by atoms with Gasteiger partial charge in [0.1, 0.15) is 0 Å². The summed E-state index contributed by atoms with van der Waals surface area (Å²) in [6, 6.07) is 8.98. The Morgan fingerprint density at radius 1 is 1.11 bits per heavy atom. The molecule has 2 rings (SSSR count). The Kier molecular flexibility index (Phi) is 4.32. The summed E-state index contributed by atoms with van der Waals surface area (Å²) in [7, 11) is 0. The fourth-order valence-electron chi connectivity index (χ4n) is 1.94. The lowest BCUT2D eigenvalue weighted by Gasteiger charge is -2.14. The number of hydrogen-bond acceptors (Lipinski definition) is 4. The van der Waals surface area contributed by atoms with Crippen molar-refractivity contribution in [3.63, 3.8) is 0 Å². The molecule has 0 saturated heterocycles. The molecule has 0 aliphatic rings. The van der Waals surface area contributed by atoms with Crippen molar-refractivity contribution in [2.24, 2.45) is 0 Å². The van der Waals surface area contributed by atoms with Crippen molar-refractivity contribution in [1.82, 2.24) is 15.5 Å². The van der Waals surface area contributed by atoms with Gasteiger partial charge in [0.25, 0.3) is 0 Å². The summed E-state index contributed by atoms with van der Waals surface area (Å²) in [5.41, 5.74) is 2.63. The van der Waals surface area contributed by atoms with Gasteiger partial charge in [-0.2, -0.15) is 4.98 Å². The molecule has 0 aliphatic carbocycles. The van der Waals surface area contributed by atoms with Gasteiger partial charge in [-0.15, -0.1) is 0 Å². The average Bonchev–Trinajstić information content (AvgIpc) is 2.82. The third-order valence-electron chi connectivity index (χ3n) is 3.23. The van der Waals surface area contributed by atoms with E-state index in [9.17, 15) is 0 Å². The Balaban J connectivity index is 1.94. The summed E-state index contributed by atoms with van der Waals surface area (Å²) in [6.07, 6.45) is 0. The minimum absolute atomic E-state index is 0.258. The average molecular weight is 259 g/mol. The molecule has 1 aromatic carbocycles. The molecule has 0 radical (unpaired) electrons. The molecule has 0 saturated carbocycles. The first-order valence-corrected chi connectivity index (χ1v) is 6.68. The Hall–Kier alpha value is -1.68. The molecule has 2 aromatic rings. The molecule has 0 bridgehead atoms. The van der Waals surface area contributed by atoms with E-state index in [4.69, 9.17) is 4.52 Å². The van der Waals surface area contributed by atoms with Gasteiger partial charge in [0.2, 0.25) is 5.89 Å². The minimum atomic E-state index is 0.258. The van der Waals surface area contributed by atoms with Gasteiger partial charge in [-0.3, -0.25) is 0 Å². The smallest absolute Gasteiger partial charge is 0.240 e. The Bertz CT molecular complexity index is 516. The third kappa shape index (κ3) is 3.64. The van der Waals surface area contributed by atoms with Crippen LogP contribution in [0, 0.1) is 6.92 Å². The standard InChI is InChI=1S/C15H21N3O/c1-10(2)13-5-7-14(8-6-13)11(3)16-9-15-17-12(4)18-19-15/h5-8,10-11,16H,9H2,1-4H3. The normalized spacial score (nSPS) is 12.9. The molecule has 19 heavy (non-hydrogen) atoms. The van der Waals surface area contributed by atoms with Crippen LogP contribution >= 0.6 is 0 Å². The van der Waals surface area contributed by atoms with Crippen molar-refractivity contribution >= 4 is 0 Å². The maximum absolute atomic E-state index is 5.08. The van der Waals surface area contributed by atoms with Gasteiger partial charge in [0.05, 0.1) is 6.54 Å². The van der Waals surface area contributed by atoms with Crippen LogP contribution < -0.4 is 5.32 Å². The second-order valence-corrected chi connectivity index (χ2v) is 5.16. The molecular weight excluding hydrogens is 238 g/mol. The van der Waals surface area contributed by atoms with Crippen LogP contribution in [0.25, 0.3) is 0 Å². The highest BCUT2D eigenvalue weighted by Gasteiger charge is 2.08. The maximum Gasteiger partial charge on any atom is 0.240 e. The highest BCUT2D eigenvalue weighted by atomic mass is 16.5. The van der Waals surface area contributed by atoms with Crippen molar-refractivity contribution in [3.8, 4) is 0 Å². The summed E-state index contributed by atoms with van der Waals surface area (Å²) in [5.74, 6) is 1.87. The fourth-order valence-corrected chi connectivity index (χ4v) is 1.94. The van der Waals surface area contributed by atoms with Crippen molar-refractivity contribution in [2.75, 3.05) is 0 Å². The van der Waals surface area contributed by atoms with Crippen LogP contribution in [0.2, 0.25) is 0 Å². The topological polar surface area (TPSA) is 51.0 Å². The molecule has 4 heteroatoms. The summed E-state index contributed by atoms with van der Waals surface area (Å²) >= 11 is 0. The largest absolute Gasteiger partial charge is 0.338 e. The van der Waals surface area contributed by atoms with Crippen LogP contribution in [-0.4, -0.2) is 10.1 Å². The van der Waals surface area contributed by atoms with E-state index >= 15 is 0 Å². The van der Waals surface area contributed by atoms with E-state index in [1.165, 1.54) is 11.1 Å². The van der Waals surface area contributed by atoms with Gasteiger partial charge >= 0.3 is 0 Å². The van der Waals surface area contributed by atoms with E-state index in [1.807, 2.05) is 6.92 Å². The van der Waals surface area contributed by atoms with Crippen LogP contribution in [-0.2, 0) is 6.54 Å². The first-order chi connectivity index (χ1) is 9.06. The molecule has 1 unspecified atom stereocenters. The molecule has 1 aromatic heterocycles. The monoisotopic (exact) mass is 259 g/mol. The van der Waals surface area contributed by atoms with Crippen molar-refractivity contribution in [1.29, 1.82) is 0 Å². The molecule has 1 atom stereocenters. The molecule has 0 aliphatic heterocycles. The third-order valence-corrected chi connectivity index (χ3v) is 3.23. The number of rotatable bonds is 5. The van der Waals surface area contributed by atoms with Gasteiger partial charge in [0, 0.05) is 6.04 Å². The van der Waals surface area contributed by atoms with Crippen LogP contribution in [0.3, 0.4) is 0 Å². The quantitative estimate of drug-likeness (QED) is 0.894. The lowest BCUT2D eigenvalue weighted by Crippen LogP contribution is -2.18. The Labute approximate surface area is 114 Å². The van der Waals surface area contributed by atoms with Crippen molar-refractivity contribution < 1.29 is 4.52 Å². The zero-order chi connectivity index (χ0) is 13.8. The van der Waals surface area contributed by atoms with Crippen molar-refractivity contribution in [2.45, 2.75) is 46.2 Å². The van der Waals surface area contributed by atoms with Gasteiger partial charge in [0.15, 0.2) is 5.82 Å². The van der Waals surface area contributed by atoms with Crippen molar-refractivity contribution in [3.05, 3.63) is 47.1 Å². The van der Waals surface area contributed by atoms with Crippen LogP contribution in [0.5, 0.6) is 0 Å². The van der Waals surface area contributed by atoms with Crippen LogP contribution in [0.15, 0.2) is 28.8 Å². The molecular formula is C15H21N3O. The molecule has 1 heterocycles.